The van der Waals surface area contributed by atoms with E-state index in [0.717, 1.165) is 0 Å². The highest BCUT2D eigenvalue weighted by atomic mass is 19.4. The van der Waals surface area contributed by atoms with Crippen molar-refractivity contribution in [3.63, 3.8) is 0 Å². The Morgan fingerprint density at radius 1 is 1.12 bits per heavy atom. The molecule has 0 aliphatic heterocycles. The van der Waals surface area contributed by atoms with Crippen molar-refractivity contribution >= 4 is 0 Å². The second-order valence-corrected chi connectivity index (χ2v) is 2.52. The van der Waals surface area contributed by atoms with Crippen molar-refractivity contribution in [1.29, 1.82) is 0 Å². The molecule has 0 aliphatic rings. The largest absolute Gasteiger partial charge is 0.460 e. The van der Waals surface area contributed by atoms with Crippen LogP contribution in [0.3, 0.4) is 0 Å². The molecule has 4 nitrogen and oxygen atoms in total. The van der Waals surface area contributed by atoms with Crippen LogP contribution in [0.15, 0.2) is 11.9 Å². The Bertz CT molecular complexity index is 321. The van der Waals surface area contributed by atoms with Crippen LogP contribution in [0.25, 0.3) is 0 Å². The van der Waals surface area contributed by atoms with Crippen LogP contribution in [0.1, 0.15) is 0 Å². The minimum absolute atomic E-state index is 0.820. The van der Waals surface area contributed by atoms with Gasteiger partial charge in [0.1, 0.15) is 0 Å². The molecule has 0 heterocycles. The minimum atomic E-state index is -6.58. The summed E-state index contributed by atoms with van der Waals surface area (Å²) < 4.78 is 84.0. The van der Waals surface area contributed by atoms with E-state index in [1.165, 1.54) is 0 Å². The third-order valence-corrected chi connectivity index (χ3v) is 1.36. The summed E-state index contributed by atoms with van der Waals surface area (Å²) in [7, 11) is 0. The zero-order chi connectivity index (χ0) is 13.4. The van der Waals surface area contributed by atoms with Crippen LogP contribution >= 0.6 is 0 Å². The van der Waals surface area contributed by atoms with Crippen LogP contribution in [0, 0.1) is 10.1 Å². The van der Waals surface area contributed by atoms with Crippen molar-refractivity contribution in [3.05, 3.63) is 22.0 Å². The predicted octanol–water partition coefficient (Wildman–Crippen LogP) is 1.90. The molecule has 0 aromatic heterocycles. The Labute approximate surface area is 82.7 Å². The quantitative estimate of drug-likeness (QED) is 0.476. The molecule has 0 aliphatic carbocycles. The number of halogens is 7. The Hall–Kier alpha value is -1.55. The molecular weight excluding hydrogens is 253 g/mol. The average molecular weight is 256 g/mol. The lowest BCUT2D eigenvalue weighted by molar-refractivity contribution is -0.407. The van der Waals surface area contributed by atoms with Gasteiger partial charge in [-0.05, 0) is 0 Å². The van der Waals surface area contributed by atoms with Gasteiger partial charge in [-0.3, -0.25) is 10.1 Å². The van der Waals surface area contributed by atoms with Gasteiger partial charge in [0.05, 0.1) is 4.92 Å². The molecule has 0 unspecified atom stereocenters. The van der Waals surface area contributed by atoms with Crippen LogP contribution in [0.5, 0.6) is 0 Å². The Morgan fingerprint density at radius 3 is 1.75 bits per heavy atom. The first-order valence-electron chi connectivity index (χ1n) is 3.27. The third kappa shape index (κ3) is 2.33. The Kier molecular flexibility index (Phi) is 3.42. The van der Waals surface area contributed by atoms with E-state index in [4.69, 9.17) is 0 Å². The van der Waals surface area contributed by atoms with Crippen LogP contribution in [0.2, 0.25) is 0 Å². The zero-order valence-corrected chi connectivity index (χ0v) is 7.06. The molecule has 0 atom stereocenters. The van der Waals surface area contributed by atoms with Gasteiger partial charge in [0.25, 0.3) is 6.20 Å². The fourth-order valence-corrected chi connectivity index (χ4v) is 0.554. The van der Waals surface area contributed by atoms with Gasteiger partial charge in [0.2, 0.25) is 0 Å². The van der Waals surface area contributed by atoms with E-state index in [9.17, 15) is 40.8 Å². The molecule has 0 rings (SSSR count). The first-order valence-corrected chi connectivity index (χ1v) is 3.27. The molecule has 11 heteroatoms. The van der Waals surface area contributed by atoms with E-state index < -0.39 is 34.8 Å². The summed E-state index contributed by atoms with van der Waals surface area (Å²) in [6, 6.07) is 0. The maximum absolute atomic E-state index is 12.5. The standard InChI is InChI=1S/C5H3F7N2O2/c6-3(7,2(13)1-14(15)16)4(8,9)5(10,11)12/h1H,13H2. The highest BCUT2D eigenvalue weighted by Crippen LogP contribution is 2.48. The van der Waals surface area contributed by atoms with Gasteiger partial charge in [-0.1, -0.05) is 0 Å². The van der Waals surface area contributed by atoms with E-state index in [1.54, 1.807) is 0 Å². The van der Waals surface area contributed by atoms with Crippen molar-refractivity contribution in [2.45, 2.75) is 18.0 Å². The second-order valence-electron chi connectivity index (χ2n) is 2.52. The van der Waals surface area contributed by atoms with Crippen LogP contribution < -0.4 is 5.73 Å². The van der Waals surface area contributed by atoms with Crippen molar-refractivity contribution in [3.8, 4) is 0 Å². The van der Waals surface area contributed by atoms with Gasteiger partial charge in [-0.2, -0.15) is 30.7 Å². The van der Waals surface area contributed by atoms with Crippen molar-refractivity contribution in [2.24, 2.45) is 5.73 Å². The lowest BCUT2D eigenvalue weighted by Crippen LogP contribution is -2.54. The number of nitrogens with zero attached hydrogens (tertiary/aromatic N) is 1. The summed E-state index contributed by atoms with van der Waals surface area (Å²) in [5.41, 5.74) is 1.64. The summed E-state index contributed by atoms with van der Waals surface area (Å²) in [5, 5.41) is 9.62. The lowest BCUT2D eigenvalue weighted by Gasteiger charge is -2.27. The molecule has 0 radical (unpaired) electrons. The summed E-state index contributed by atoms with van der Waals surface area (Å²) >= 11 is 0. The summed E-state index contributed by atoms with van der Waals surface area (Å²) in [5.74, 6) is -12.4. The molecule has 0 saturated heterocycles. The molecule has 16 heavy (non-hydrogen) atoms. The molecule has 0 fully saturated rings. The summed E-state index contributed by atoms with van der Waals surface area (Å²) in [6.07, 6.45) is -7.40. The van der Waals surface area contributed by atoms with E-state index in [2.05, 4.69) is 5.73 Å². The van der Waals surface area contributed by atoms with Crippen molar-refractivity contribution in [1.82, 2.24) is 0 Å². The summed E-state index contributed by atoms with van der Waals surface area (Å²) in [6.45, 7) is 0. The maximum atomic E-state index is 12.5. The van der Waals surface area contributed by atoms with Gasteiger partial charge in [-0.25, -0.2) is 0 Å². The number of hydrogen-bond donors (Lipinski definition) is 1. The molecule has 0 aromatic carbocycles. The molecule has 0 amide bonds. The normalized spacial score (nSPS) is 15.1. The number of allylic oxidation sites excluding steroid dienone is 1. The minimum Gasteiger partial charge on any atom is -0.392 e. The Morgan fingerprint density at radius 2 is 1.50 bits per heavy atom. The smallest absolute Gasteiger partial charge is 0.392 e. The summed E-state index contributed by atoms with van der Waals surface area (Å²) in [4.78, 5) is 7.95. The second kappa shape index (κ2) is 3.79. The highest BCUT2D eigenvalue weighted by Gasteiger charge is 2.74. The predicted molar refractivity (Wildman–Crippen MR) is 35.2 cm³/mol. The van der Waals surface area contributed by atoms with Crippen LogP contribution in [0.4, 0.5) is 30.7 Å². The number of hydrogen-bond acceptors (Lipinski definition) is 3. The fourth-order valence-electron chi connectivity index (χ4n) is 0.554. The number of alkyl halides is 7. The molecule has 94 valence electrons. The first kappa shape index (κ1) is 14.5. The van der Waals surface area contributed by atoms with Gasteiger partial charge < -0.3 is 5.73 Å². The molecular formula is C5H3F7N2O2. The van der Waals surface area contributed by atoms with E-state index in [-0.39, 0.29) is 0 Å². The maximum Gasteiger partial charge on any atom is 0.460 e. The molecule has 0 aromatic rings. The fraction of sp³-hybridized carbons (Fsp3) is 0.600. The number of rotatable bonds is 3. The molecule has 0 spiro atoms. The lowest BCUT2D eigenvalue weighted by atomic mass is 10.1. The number of nitrogens with two attached hydrogens (primary N) is 1. The zero-order valence-electron chi connectivity index (χ0n) is 7.06. The van der Waals surface area contributed by atoms with Gasteiger partial charge in [0, 0.05) is 0 Å². The Balaban J connectivity index is 5.44. The third-order valence-electron chi connectivity index (χ3n) is 1.36. The molecule has 0 bridgehead atoms. The van der Waals surface area contributed by atoms with E-state index >= 15 is 0 Å². The van der Waals surface area contributed by atoms with Gasteiger partial charge in [0.15, 0.2) is 5.70 Å². The van der Waals surface area contributed by atoms with Crippen LogP contribution in [-0.2, 0) is 0 Å². The van der Waals surface area contributed by atoms with Gasteiger partial charge >= 0.3 is 18.0 Å². The SMILES string of the molecule is NC(=C[N+](=O)[O-])C(F)(F)C(F)(F)C(F)(F)F. The van der Waals surface area contributed by atoms with Crippen molar-refractivity contribution < 1.29 is 35.7 Å². The monoisotopic (exact) mass is 256 g/mol. The van der Waals surface area contributed by atoms with E-state index in [0.29, 0.717) is 0 Å². The van der Waals surface area contributed by atoms with Crippen LogP contribution in [-0.4, -0.2) is 22.9 Å². The molecule has 2 N–H and O–H groups in total. The van der Waals surface area contributed by atoms with E-state index in [1.807, 2.05) is 0 Å². The van der Waals surface area contributed by atoms with Gasteiger partial charge in [-0.15, -0.1) is 0 Å². The highest BCUT2D eigenvalue weighted by molar-refractivity contribution is 5.13. The number of nitro groups is 1. The topological polar surface area (TPSA) is 69.2 Å². The first-order chi connectivity index (χ1) is 6.84. The average Bonchev–Trinajstić information content (AvgIpc) is 2.00. The molecule has 0 saturated carbocycles. The van der Waals surface area contributed by atoms with Crippen molar-refractivity contribution in [2.75, 3.05) is 0 Å².